The first-order valence-electron chi connectivity index (χ1n) is 14.2. The topological polar surface area (TPSA) is 82.0 Å². The highest BCUT2D eigenvalue weighted by atomic mass is 19.4. The molecule has 2 aromatic carbocycles. The largest absolute Gasteiger partial charge is 0.423 e. The molecule has 0 unspecified atom stereocenters. The molecule has 2 aliphatic rings. The average molecular weight is 576 g/mol. The fourth-order valence-corrected chi connectivity index (χ4v) is 5.72. The molecule has 0 radical (unpaired) electrons. The summed E-state index contributed by atoms with van der Waals surface area (Å²) < 4.78 is 39.9. The second kappa shape index (κ2) is 12.2. The van der Waals surface area contributed by atoms with Crippen molar-refractivity contribution in [1.82, 2.24) is 9.80 Å². The fourth-order valence-electron chi connectivity index (χ4n) is 5.72. The van der Waals surface area contributed by atoms with Gasteiger partial charge in [-0.1, -0.05) is 32.9 Å². The number of hydrogen-bond acceptors (Lipinski definition) is 5. The predicted molar refractivity (Wildman–Crippen MR) is 154 cm³/mol. The summed E-state index contributed by atoms with van der Waals surface area (Å²) in [5, 5.41) is 14.1. The van der Waals surface area contributed by atoms with Crippen LogP contribution in [0, 0.1) is 16.0 Å². The molecule has 2 fully saturated rings. The molecule has 224 valence electrons. The number of amides is 2. The number of hydrogen-bond donors (Lipinski definition) is 1. The van der Waals surface area contributed by atoms with Crippen LogP contribution in [0.25, 0.3) is 0 Å². The van der Waals surface area contributed by atoms with Crippen LogP contribution >= 0.6 is 0 Å². The Balaban J connectivity index is 1.23. The number of carbonyl (C=O) groups excluding carboxylic acids is 1. The molecular formula is C30H40F3N5O3. The van der Waals surface area contributed by atoms with Crippen molar-refractivity contribution in [1.29, 1.82) is 0 Å². The smallest absolute Gasteiger partial charge is 0.382 e. The van der Waals surface area contributed by atoms with Crippen molar-refractivity contribution >= 4 is 23.1 Å². The number of nitro groups is 1. The van der Waals surface area contributed by atoms with Crippen LogP contribution in [-0.2, 0) is 11.6 Å². The van der Waals surface area contributed by atoms with Gasteiger partial charge in [0, 0.05) is 63.3 Å². The van der Waals surface area contributed by atoms with E-state index in [1.54, 1.807) is 9.80 Å². The van der Waals surface area contributed by atoms with E-state index in [0.717, 1.165) is 38.1 Å². The summed E-state index contributed by atoms with van der Waals surface area (Å²) in [6, 6.07) is 11.6. The van der Waals surface area contributed by atoms with Gasteiger partial charge in [-0.3, -0.25) is 10.1 Å². The van der Waals surface area contributed by atoms with Crippen molar-refractivity contribution in [2.24, 2.45) is 5.92 Å². The summed E-state index contributed by atoms with van der Waals surface area (Å²) in [4.78, 5) is 29.1. The van der Waals surface area contributed by atoms with Gasteiger partial charge in [-0.2, -0.15) is 13.2 Å². The van der Waals surface area contributed by atoms with E-state index < -0.39 is 22.4 Å². The van der Waals surface area contributed by atoms with Gasteiger partial charge in [-0.05, 0) is 66.8 Å². The predicted octanol–water partition coefficient (Wildman–Crippen LogP) is 6.76. The first-order chi connectivity index (χ1) is 19.2. The number of halogens is 3. The maximum atomic E-state index is 13.3. The van der Waals surface area contributed by atoms with E-state index in [-0.39, 0.29) is 23.2 Å². The third kappa shape index (κ3) is 7.62. The van der Waals surface area contributed by atoms with Gasteiger partial charge in [-0.25, -0.2) is 4.79 Å². The number of urea groups is 1. The van der Waals surface area contributed by atoms with Crippen molar-refractivity contribution < 1.29 is 22.9 Å². The number of nitro benzene ring substituents is 1. The van der Waals surface area contributed by atoms with Crippen LogP contribution in [-0.4, -0.2) is 66.6 Å². The molecule has 1 N–H and O–H groups in total. The summed E-state index contributed by atoms with van der Waals surface area (Å²) >= 11 is 0. The molecule has 11 heteroatoms. The maximum absolute atomic E-state index is 13.3. The number of piperidine rings is 2. The first-order valence-corrected chi connectivity index (χ1v) is 14.2. The van der Waals surface area contributed by atoms with Gasteiger partial charge in [0.05, 0.1) is 4.92 Å². The molecular weight excluding hydrogens is 535 g/mol. The van der Waals surface area contributed by atoms with Gasteiger partial charge >= 0.3 is 12.2 Å². The number of nitrogens with zero attached hydrogens (tertiary/aromatic N) is 4. The zero-order chi connectivity index (χ0) is 29.9. The highest BCUT2D eigenvalue weighted by molar-refractivity contribution is 5.74. The van der Waals surface area contributed by atoms with Crippen molar-refractivity contribution in [2.45, 2.75) is 64.1 Å². The SMILES string of the molecule is CN(CC1CCN(c2ccc(C(C)(C)C)cc2)CC1)C(=O)N1CCC(Nc2ccc([N+](=O)[O-])c(C(F)(F)F)c2)CC1. The van der Waals surface area contributed by atoms with Crippen LogP contribution in [0.4, 0.5) is 35.0 Å². The Kier molecular flexibility index (Phi) is 9.03. The molecule has 0 saturated carbocycles. The van der Waals surface area contributed by atoms with E-state index in [1.807, 2.05) is 7.05 Å². The maximum Gasteiger partial charge on any atom is 0.423 e. The van der Waals surface area contributed by atoms with Crippen LogP contribution in [0.3, 0.4) is 0 Å². The molecule has 0 aromatic heterocycles. The Labute approximate surface area is 239 Å². The van der Waals surface area contributed by atoms with Crippen molar-refractivity contribution in [3.8, 4) is 0 Å². The molecule has 2 saturated heterocycles. The molecule has 2 amide bonds. The molecule has 41 heavy (non-hydrogen) atoms. The summed E-state index contributed by atoms with van der Waals surface area (Å²) in [6.45, 7) is 10.2. The van der Waals surface area contributed by atoms with Crippen LogP contribution in [0.1, 0.15) is 57.6 Å². The molecule has 2 aromatic rings. The van der Waals surface area contributed by atoms with E-state index >= 15 is 0 Å². The Bertz CT molecular complexity index is 1210. The van der Waals surface area contributed by atoms with Crippen LogP contribution in [0.5, 0.6) is 0 Å². The zero-order valence-electron chi connectivity index (χ0n) is 24.2. The second-order valence-corrected chi connectivity index (χ2v) is 12.3. The number of carbonyl (C=O) groups is 1. The quantitative estimate of drug-likeness (QED) is 0.304. The number of benzene rings is 2. The first kappa shape index (κ1) is 30.5. The van der Waals surface area contributed by atoms with Gasteiger partial charge in [0.25, 0.3) is 5.69 Å². The Morgan fingerprint density at radius 1 is 1.00 bits per heavy atom. The van der Waals surface area contributed by atoms with Crippen LogP contribution in [0.2, 0.25) is 0 Å². The monoisotopic (exact) mass is 575 g/mol. The molecule has 2 heterocycles. The minimum Gasteiger partial charge on any atom is -0.382 e. The Hall–Kier alpha value is -3.50. The van der Waals surface area contributed by atoms with Gasteiger partial charge < -0.3 is 20.0 Å². The number of anilines is 2. The molecule has 0 aliphatic carbocycles. The summed E-state index contributed by atoms with van der Waals surface area (Å²) in [5.74, 6) is 0.429. The van der Waals surface area contributed by atoms with E-state index in [2.05, 4.69) is 55.3 Å². The lowest BCUT2D eigenvalue weighted by atomic mass is 9.87. The normalized spacial score (nSPS) is 17.4. The highest BCUT2D eigenvalue weighted by Gasteiger charge is 2.38. The summed E-state index contributed by atoms with van der Waals surface area (Å²) in [5.41, 5.74) is 0.625. The van der Waals surface area contributed by atoms with Crippen LogP contribution < -0.4 is 10.2 Å². The lowest BCUT2D eigenvalue weighted by Crippen LogP contribution is -2.49. The summed E-state index contributed by atoms with van der Waals surface area (Å²) in [6.07, 6.45) is -1.65. The molecule has 0 bridgehead atoms. The van der Waals surface area contributed by atoms with E-state index in [4.69, 9.17) is 0 Å². The number of nitrogens with one attached hydrogen (secondary N) is 1. The van der Waals surface area contributed by atoms with Crippen molar-refractivity contribution in [2.75, 3.05) is 50.0 Å². The zero-order valence-corrected chi connectivity index (χ0v) is 24.2. The van der Waals surface area contributed by atoms with E-state index in [1.165, 1.54) is 17.3 Å². The van der Waals surface area contributed by atoms with Crippen molar-refractivity contribution in [3.63, 3.8) is 0 Å². The minimum absolute atomic E-state index is 0.0293. The van der Waals surface area contributed by atoms with E-state index in [9.17, 15) is 28.1 Å². The minimum atomic E-state index is -4.82. The number of rotatable bonds is 6. The third-order valence-electron chi connectivity index (χ3n) is 8.21. The number of likely N-dealkylation sites (tertiary alicyclic amines) is 1. The fraction of sp³-hybridized carbons (Fsp3) is 0.567. The average Bonchev–Trinajstić information content (AvgIpc) is 2.92. The third-order valence-corrected chi connectivity index (χ3v) is 8.21. The lowest BCUT2D eigenvalue weighted by Gasteiger charge is -2.38. The van der Waals surface area contributed by atoms with Crippen LogP contribution in [0.15, 0.2) is 42.5 Å². The van der Waals surface area contributed by atoms with Gasteiger partial charge in [0.15, 0.2) is 0 Å². The second-order valence-electron chi connectivity index (χ2n) is 12.3. The van der Waals surface area contributed by atoms with Gasteiger partial charge in [0.2, 0.25) is 0 Å². The standard InChI is InChI=1S/C30H40F3N5O3/c1-29(2,3)22-5-8-25(9-6-22)36-15-11-21(12-16-36)20-35(4)28(39)37-17-13-23(14-18-37)34-24-7-10-27(38(40)41)26(19-24)30(31,32)33/h5-10,19,21,23,34H,11-18,20H2,1-4H3. The Morgan fingerprint density at radius 2 is 1.61 bits per heavy atom. The number of alkyl halides is 3. The molecule has 2 aliphatic heterocycles. The molecule has 8 nitrogen and oxygen atoms in total. The van der Waals surface area contributed by atoms with Gasteiger partial charge in [0.1, 0.15) is 5.56 Å². The molecule has 0 spiro atoms. The molecule has 4 rings (SSSR count). The Morgan fingerprint density at radius 3 is 2.15 bits per heavy atom. The highest BCUT2D eigenvalue weighted by Crippen LogP contribution is 2.38. The molecule has 0 atom stereocenters. The van der Waals surface area contributed by atoms with Gasteiger partial charge in [-0.15, -0.1) is 0 Å². The summed E-state index contributed by atoms with van der Waals surface area (Å²) in [7, 11) is 1.83. The van der Waals surface area contributed by atoms with E-state index in [0.29, 0.717) is 38.4 Å². The lowest BCUT2D eigenvalue weighted by molar-refractivity contribution is -0.388. The van der Waals surface area contributed by atoms with Crippen molar-refractivity contribution in [3.05, 3.63) is 63.7 Å².